The van der Waals surface area contributed by atoms with E-state index in [1.54, 1.807) is 79.0 Å². The number of carbonyl (C=O) groups is 3. The summed E-state index contributed by atoms with van der Waals surface area (Å²) in [5.41, 5.74) is 0.694. The van der Waals surface area contributed by atoms with Crippen LogP contribution in [0.5, 0.6) is 17.2 Å². The summed E-state index contributed by atoms with van der Waals surface area (Å²) < 4.78 is 17.4. The van der Waals surface area contributed by atoms with E-state index in [2.05, 4.69) is 41.5 Å². The van der Waals surface area contributed by atoms with Gasteiger partial charge in [-0.2, -0.15) is 0 Å². The van der Waals surface area contributed by atoms with Crippen molar-refractivity contribution in [2.24, 2.45) is 10.8 Å². The average Bonchev–Trinajstić information content (AvgIpc) is 2.80. The predicted octanol–water partition coefficient (Wildman–Crippen LogP) is 8.09. The molecule has 0 bridgehead atoms. The van der Waals surface area contributed by atoms with Gasteiger partial charge < -0.3 is 14.2 Å². The Morgan fingerprint density at radius 3 is 1.52 bits per heavy atom. The van der Waals surface area contributed by atoms with Gasteiger partial charge in [0.15, 0.2) is 5.78 Å². The summed E-state index contributed by atoms with van der Waals surface area (Å²) in [6, 6.07) is 8.46. The second kappa shape index (κ2) is 11.6. The highest BCUT2D eigenvalue weighted by molar-refractivity contribution is 6.07. The molecule has 0 aliphatic carbocycles. The Morgan fingerprint density at radius 1 is 0.650 bits per heavy atom. The summed E-state index contributed by atoms with van der Waals surface area (Å²) in [5.74, 6) is 0.291. The topological polar surface area (TPSA) is 78.9 Å². The molecule has 2 rings (SSSR count). The van der Waals surface area contributed by atoms with Gasteiger partial charge in [0.05, 0.1) is 23.5 Å². The van der Waals surface area contributed by atoms with Crippen molar-refractivity contribution in [3.63, 3.8) is 0 Å². The normalized spacial score (nSPS) is 12.8. The van der Waals surface area contributed by atoms with Crippen LogP contribution < -0.4 is 14.2 Å². The molecule has 0 N–H and O–H groups in total. The summed E-state index contributed by atoms with van der Waals surface area (Å²) >= 11 is 0. The first-order valence-corrected chi connectivity index (χ1v) is 13.6. The Bertz CT molecular complexity index is 1280. The fourth-order valence-electron chi connectivity index (χ4n) is 3.71. The van der Waals surface area contributed by atoms with Gasteiger partial charge in [-0.3, -0.25) is 14.4 Å². The van der Waals surface area contributed by atoms with Gasteiger partial charge in [0.25, 0.3) is 0 Å². The number of carbonyl (C=O) groups excluding carboxylic acids is 3. The lowest BCUT2D eigenvalue weighted by Crippen LogP contribution is -2.28. The molecule has 0 heterocycles. The van der Waals surface area contributed by atoms with Crippen LogP contribution in [0, 0.1) is 10.8 Å². The Balaban J connectivity index is 2.66. The van der Waals surface area contributed by atoms with Crippen LogP contribution in [-0.2, 0) is 20.4 Å². The molecule has 0 unspecified atom stereocenters. The van der Waals surface area contributed by atoms with E-state index in [4.69, 9.17) is 14.2 Å². The van der Waals surface area contributed by atoms with Crippen LogP contribution in [-0.4, -0.2) is 24.8 Å². The molecule has 218 valence electrons. The Morgan fingerprint density at radius 2 is 1.10 bits per heavy atom. The summed E-state index contributed by atoms with van der Waals surface area (Å²) in [6.45, 7) is 23.2. The van der Waals surface area contributed by atoms with Gasteiger partial charge in [-0.25, -0.2) is 0 Å². The molecular weight excluding hydrogens is 504 g/mol. The highest BCUT2D eigenvalue weighted by Gasteiger charge is 2.33. The van der Waals surface area contributed by atoms with Gasteiger partial charge in [0.2, 0.25) is 0 Å². The summed E-state index contributed by atoms with van der Waals surface area (Å²) in [7, 11) is 1.58. The first-order chi connectivity index (χ1) is 18.1. The zero-order valence-electron chi connectivity index (χ0n) is 26.5. The van der Waals surface area contributed by atoms with E-state index in [1.807, 2.05) is 6.07 Å². The van der Waals surface area contributed by atoms with Gasteiger partial charge in [0, 0.05) is 16.7 Å². The third-order valence-electron chi connectivity index (χ3n) is 6.26. The standard InChI is InChI=1S/C34H46O6/c1-31(2,3)24-20-25(32(4,5)6)28(40-30(37)34(10,11)12)23(27(24)38-13)18-19-26(35)21-14-16-22(17-15-21)39-29(36)33(7,8)9/h14-20H,1-13H3. The van der Waals surface area contributed by atoms with E-state index in [-0.39, 0.29) is 28.6 Å². The van der Waals surface area contributed by atoms with Gasteiger partial charge in [-0.1, -0.05) is 41.5 Å². The Labute approximate surface area is 240 Å². The molecule has 0 radical (unpaired) electrons. The quantitative estimate of drug-likeness (QED) is 0.157. The first kappa shape index (κ1) is 32.8. The molecule has 0 saturated carbocycles. The molecule has 2 aromatic carbocycles. The van der Waals surface area contributed by atoms with E-state index >= 15 is 0 Å². The molecule has 0 atom stereocenters. The van der Waals surface area contributed by atoms with Crippen molar-refractivity contribution in [3.05, 3.63) is 58.7 Å². The maximum Gasteiger partial charge on any atom is 0.316 e. The number of hydrogen-bond donors (Lipinski definition) is 0. The van der Waals surface area contributed by atoms with E-state index in [1.165, 1.54) is 6.08 Å². The van der Waals surface area contributed by atoms with Crippen molar-refractivity contribution >= 4 is 23.8 Å². The van der Waals surface area contributed by atoms with Gasteiger partial charge in [-0.05, 0) is 94.9 Å². The van der Waals surface area contributed by atoms with E-state index in [9.17, 15) is 14.4 Å². The molecule has 0 saturated heterocycles. The summed E-state index contributed by atoms with van der Waals surface area (Å²) in [4.78, 5) is 38.5. The maximum absolute atomic E-state index is 13.2. The predicted molar refractivity (Wildman–Crippen MR) is 160 cm³/mol. The average molecular weight is 551 g/mol. The maximum atomic E-state index is 13.2. The summed E-state index contributed by atoms with van der Waals surface area (Å²) in [5, 5.41) is 0. The van der Waals surface area contributed by atoms with Crippen molar-refractivity contribution < 1.29 is 28.6 Å². The molecule has 0 fully saturated rings. The lowest BCUT2D eigenvalue weighted by Gasteiger charge is -2.31. The largest absolute Gasteiger partial charge is 0.496 e. The Hall–Kier alpha value is -3.41. The first-order valence-electron chi connectivity index (χ1n) is 13.6. The second-order valence-corrected chi connectivity index (χ2v) is 14.2. The van der Waals surface area contributed by atoms with Gasteiger partial charge in [0.1, 0.15) is 17.2 Å². The third-order valence-corrected chi connectivity index (χ3v) is 6.26. The van der Waals surface area contributed by atoms with Crippen LogP contribution >= 0.6 is 0 Å². The molecule has 0 spiro atoms. The number of methoxy groups -OCH3 is 1. The molecule has 0 amide bonds. The van der Waals surface area contributed by atoms with Crippen LogP contribution in [0.2, 0.25) is 0 Å². The molecule has 6 heteroatoms. The zero-order chi connectivity index (χ0) is 30.8. The molecular formula is C34H46O6. The second-order valence-electron chi connectivity index (χ2n) is 14.2. The van der Waals surface area contributed by atoms with Crippen molar-refractivity contribution in [3.8, 4) is 17.2 Å². The fraction of sp³-hybridized carbons (Fsp3) is 0.500. The number of ketones is 1. The zero-order valence-corrected chi connectivity index (χ0v) is 26.5. The summed E-state index contributed by atoms with van der Waals surface area (Å²) in [6.07, 6.45) is 3.10. The number of ether oxygens (including phenoxy) is 3. The smallest absolute Gasteiger partial charge is 0.316 e. The highest BCUT2D eigenvalue weighted by Crippen LogP contribution is 2.46. The van der Waals surface area contributed by atoms with E-state index in [0.29, 0.717) is 28.4 Å². The minimum absolute atomic E-state index is 0.262. The van der Waals surface area contributed by atoms with Crippen LogP contribution in [0.15, 0.2) is 36.4 Å². The Kier molecular flexibility index (Phi) is 9.51. The van der Waals surface area contributed by atoms with E-state index in [0.717, 1.165) is 11.1 Å². The fourth-order valence-corrected chi connectivity index (χ4v) is 3.71. The van der Waals surface area contributed by atoms with Crippen LogP contribution in [0.25, 0.3) is 6.08 Å². The van der Waals surface area contributed by atoms with Gasteiger partial charge in [-0.15, -0.1) is 0 Å². The van der Waals surface area contributed by atoms with Crippen molar-refractivity contribution in [2.45, 2.75) is 93.9 Å². The molecule has 0 aliphatic rings. The van der Waals surface area contributed by atoms with Crippen molar-refractivity contribution in [2.75, 3.05) is 7.11 Å². The lowest BCUT2D eigenvalue weighted by atomic mass is 9.78. The van der Waals surface area contributed by atoms with Crippen molar-refractivity contribution in [1.29, 1.82) is 0 Å². The minimum Gasteiger partial charge on any atom is -0.496 e. The lowest BCUT2D eigenvalue weighted by molar-refractivity contribution is -0.143. The molecule has 0 aromatic heterocycles. The monoisotopic (exact) mass is 550 g/mol. The minimum atomic E-state index is -0.736. The number of benzene rings is 2. The highest BCUT2D eigenvalue weighted by atomic mass is 16.5. The van der Waals surface area contributed by atoms with Crippen molar-refractivity contribution in [1.82, 2.24) is 0 Å². The van der Waals surface area contributed by atoms with Gasteiger partial charge >= 0.3 is 11.9 Å². The third kappa shape index (κ3) is 8.06. The molecule has 2 aromatic rings. The van der Waals surface area contributed by atoms with Crippen LogP contribution in [0.4, 0.5) is 0 Å². The number of rotatable bonds is 6. The number of hydrogen-bond acceptors (Lipinski definition) is 6. The van der Waals surface area contributed by atoms with Crippen LogP contribution in [0.1, 0.15) is 110 Å². The van der Waals surface area contributed by atoms with Crippen LogP contribution in [0.3, 0.4) is 0 Å². The molecule has 6 nitrogen and oxygen atoms in total. The number of esters is 2. The van der Waals surface area contributed by atoms with E-state index < -0.39 is 10.8 Å². The molecule has 40 heavy (non-hydrogen) atoms. The SMILES string of the molecule is COc1c(C(C)(C)C)cc(C(C)(C)C)c(OC(=O)C(C)(C)C)c1C=CC(=O)c1ccc(OC(=O)C(C)(C)C)cc1. The number of allylic oxidation sites excluding steroid dienone is 1. The molecule has 0 aliphatic heterocycles.